The van der Waals surface area contributed by atoms with E-state index in [0.717, 1.165) is 24.9 Å². The van der Waals surface area contributed by atoms with Crippen molar-refractivity contribution in [1.29, 1.82) is 0 Å². The third-order valence-electron chi connectivity index (χ3n) is 3.18. The molecule has 1 aromatic carbocycles. The lowest BCUT2D eigenvalue weighted by molar-refractivity contribution is 0.116. The van der Waals surface area contributed by atoms with Crippen LogP contribution in [0.25, 0.3) is 0 Å². The molecule has 2 atom stereocenters. The zero-order valence-electron chi connectivity index (χ0n) is 9.65. The highest BCUT2D eigenvalue weighted by Crippen LogP contribution is 2.28. The van der Waals surface area contributed by atoms with Crippen molar-refractivity contribution < 1.29 is 5.11 Å². The van der Waals surface area contributed by atoms with Crippen LogP contribution in [0.4, 0.5) is 5.69 Å². The molecule has 2 N–H and O–H groups in total. The Morgan fingerprint density at radius 3 is 2.75 bits per heavy atom. The van der Waals surface area contributed by atoms with E-state index in [1.54, 1.807) is 11.8 Å². The van der Waals surface area contributed by atoms with Crippen LogP contribution in [0.15, 0.2) is 29.2 Å². The monoisotopic (exact) mass is 237 g/mol. The van der Waals surface area contributed by atoms with E-state index in [1.165, 1.54) is 11.3 Å². The molecule has 1 saturated carbocycles. The molecule has 2 rings (SSSR count). The smallest absolute Gasteiger partial charge is 0.0741 e. The summed E-state index contributed by atoms with van der Waals surface area (Å²) in [5, 5.41) is 13.4. The molecule has 1 aromatic rings. The fraction of sp³-hybridized carbons (Fsp3) is 0.538. The van der Waals surface area contributed by atoms with Crippen molar-refractivity contribution >= 4 is 17.4 Å². The fourth-order valence-corrected chi connectivity index (χ4v) is 2.80. The number of thioether (sulfide) groups is 1. The van der Waals surface area contributed by atoms with E-state index in [9.17, 15) is 5.11 Å². The Morgan fingerprint density at radius 2 is 2.00 bits per heavy atom. The van der Waals surface area contributed by atoms with Crippen molar-refractivity contribution in [1.82, 2.24) is 0 Å². The first-order valence-electron chi connectivity index (χ1n) is 5.89. The molecule has 1 aliphatic carbocycles. The van der Waals surface area contributed by atoms with E-state index >= 15 is 0 Å². The highest BCUT2D eigenvalue weighted by atomic mass is 32.2. The Balaban J connectivity index is 2.07. The van der Waals surface area contributed by atoms with Gasteiger partial charge in [-0.3, -0.25) is 0 Å². The fourth-order valence-electron chi connectivity index (χ4n) is 2.24. The second kappa shape index (κ2) is 5.60. The molecule has 0 aromatic heterocycles. The van der Waals surface area contributed by atoms with Gasteiger partial charge in [0.15, 0.2) is 0 Å². The van der Waals surface area contributed by atoms with Crippen molar-refractivity contribution in [3.8, 4) is 0 Å². The Kier molecular flexibility index (Phi) is 4.13. The summed E-state index contributed by atoms with van der Waals surface area (Å²) in [6.45, 7) is 0. The molecule has 88 valence electrons. The largest absolute Gasteiger partial charge is 0.391 e. The zero-order valence-corrected chi connectivity index (χ0v) is 10.5. The molecule has 0 heterocycles. The lowest BCUT2D eigenvalue weighted by atomic mass is 9.92. The van der Waals surface area contributed by atoms with Crippen LogP contribution in [0.1, 0.15) is 25.7 Å². The maximum Gasteiger partial charge on any atom is 0.0741 e. The van der Waals surface area contributed by atoms with Crippen LogP contribution in [-0.4, -0.2) is 23.5 Å². The number of anilines is 1. The van der Waals surface area contributed by atoms with E-state index in [4.69, 9.17) is 0 Å². The average Bonchev–Trinajstić information content (AvgIpc) is 2.33. The molecule has 0 unspecified atom stereocenters. The summed E-state index contributed by atoms with van der Waals surface area (Å²) < 4.78 is 0. The molecule has 0 bridgehead atoms. The van der Waals surface area contributed by atoms with Crippen molar-refractivity contribution in [2.24, 2.45) is 0 Å². The molecule has 16 heavy (non-hydrogen) atoms. The summed E-state index contributed by atoms with van der Waals surface area (Å²) in [5.41, 5.74) is 1.15. The third-order valence-corrected chi connectivity index (χ3v) is 3.97. The van der Waals surface area contributed by atoms with Gasteiger partial charge in [-0.1, -0.05) is 25.0 Å². The highest BCUT2D eigenvalue weighted by Gasteiger charge is 2.23. The Hall–Kier alpha value is -0.670. The first kappa shape index (κ1) is 11.8. The Morgan fingerprint density at radius 1 is 1.25 bits per heavy atom. The topological polar surface area (TPSA) is 32.3 Å². The molecule has 0 spiro atoms. The summed E-state index contributed by atoms with van der Waals surface area (Å²) in [5.74, 6) is 0. The minimum Gasteiger partial charge on any atom is -0.391 e. The van der Waals surface area contributed by atoms with Crippen LogP contribution in [0.3, 0.4) is 0 Å². The quantitative estimate of drug-likeness (QED) is 0.792. The molecule has 2 nitrogen and oxygen atoms in total. The predicted octanol–water partition coefficient (Wildman–Crippen LogP) is 3.12. The van der Waals surface area contributed by atoms with Crippen LogP contribution in [-0.2, 0) is 0 Å². The summed E-state index contributed by atoms with van der Waals surface area (Å²) in [6, 6.07) is 8.52. The van der Waals surface area contributed by atoms with E-state index < -0.39 is 0 Å². The maximum atomic E-state index is 9.92. The van der Waals surface area contributed by atoms with Gasteiger partial charge in [0.2, 0.25) is 0 Å². The first-order valence-corrected chi connectivity index (χ1v) is 7.11. The van der Waals surface area contributed by atoms with Crippen molar-refractivity contribution in [3.05, 3.63) is 24.3 Å². The van der Waals surface area contributed by atoms with Gasteiger partial charge in [0.05, 0.1) is 12.1 Å². The van der Waals surface area contributed by atoms with Gasteiger partial charge in [-0.25, -0.2) is 0 Å². The second-order valence-corrected chi connectivity index (χ2v) is 5.15. The van der Waals surface area contributed by atoms with Crippen LogP contribution >= 0.6 is 11.8 Å². The van der Waals surface area contributed by atoms with E-state index in [1.807, 2.05) is 12.1 Å². The van der Waals surface area contributed by atoms with E-state index in [0.29, 0.717) is 0 Å². The molecule has 0 saturated heterocycles. The first-order chi connectivity index (χ1) is 7.81. The maximum absolute atomic E-state index is 9.92. The zero-order chi connectivity index (χ0) is 11.4. The molecular weight excluding hydrogens is 218 g/mol. The van der Waals surface area contributed by atoms with Crippen LogP contribution in [0.5, 0.6) is 0 Å². The van der Waals surface area contributed by atoms with Crippen LogP contribution < -0.4 is 5.32 Å². The summed E-state index contributed by atoms with van der Waals surface area (Å²) in [7, 11) is 0. The molecule has 1 aliphatic rings. The number of benzene rings is 1. The second-order valence-electron chi connectivity index (χ2n) is 4.30. The molecule has 0 radical (unpaired) electrons. The SMILES string of the molecule is CSc1ccccc1N[C@H]1CCCC[C@@H]1O. The predicted molar refractivity (Wildman–Crippen MR) is 70.1 cm³/mol. The third kappa shape index (κ3) is 2.71. The van der Waals surface area contributed by atoms with Crippen LogP contribution in [0.2, 0.25) is 0 Å². The van der Waals surface area contributed by atoms with Crippen molar-refractivity contribution in [2.45, 2.75) is 42.7 Å². The van der Waals surface area contributed by atoms with Gasteiger partial charge in [-0.15, -0.1) is 11.8 Å². The molecule has 0 amide bonds. The van der Waals surface area contributed by atoms with Gasteiger partial charge in [0, 0.05) is 10.6 Å². The standard InChI is InChI=1S/C13H19NOS/c1-16-13-9-5-3-7-11(13)14-10-6-2-4-8-12(10)15/h3,5,7,9-10,12,14-15H,2,4,6,8H2,1H3/t10-,12-/m0/s1. The number of aliphatic hydroxyl groups is 1. The van der Waals surface area contributed by atoms with Crippen molar-refractivity contribution in [2.75, 3.05) is 11.6 Å². The van der Waals surface area contributed by atoms with Gasteiger partial charge in [0.25, 0.3) is 0 Å². The summed E-state index contributed by atoms with van der Waals surface area (Å²) in [4.78, 5) is 1.25. The number of aliphatic hydroxyl groups excluding tert-OH is 1. The molecule has 3 heteroatoms. The molecule has 0 aliphatic heterocycles. The number of para-hydroxylation sites is 1. The lowest BCUT2D eigenvalue weighted by Crippen LogP contribution is -2.36. The van der Waals surface area contributed by atoms with E-state index in [-0.39, 0.29) is 12.1 Å². The molecule has 1 fully saturated rings. The minimum absolute atomic E-state index is 0.191. The average molecular weight is 237 g/mol. The number of hydrogen-bond donors (Lipinski definition) is 2. The number of hydrogen-bond acceptors (Lipinski definition) is 3. The highest BCUT2D eigenvalue weighted by molar-refractivity contribution is 7.98. The number of rotatable bonds is 3. The normalized spacial score (nSPS) is 25.4. The minimum atomic E-state index is -0.191. The Labute approximate surface area is 101 Å². The van der Waals surface area contributed by atoms with Crippen molar-refractivity contribution in [3.63, 3.8) is 0 Å². The molecular formula is C13H19NOS. The van der Waals surface area contributed by atoms with Gasteiger partial charge in [-0.2, -0.15) is 0 Å². The van der Waals surface area contributed by atoms with E-state index in [2.05, 4.69) is 23.7 Å². The van der Waals surface area contributed by atoms with Gasteiger partial charge >= 0.3 is 0 Å². The summed E-state index contributed by atoms with van der Waals surface area (Å²) in [6.07, 6.45) is 6.27. The van der Waals surface area contributed by atoms with Gasteiger partial charge in [0.1, 0.15) is 0 Å². The Bertz CT molecular complexity index is 342. The lowest BCUT2D eigenvalue weighted by Gasteiger charge is -2.29. The number of nitrogens with one attached hydrogen (secondary N) is 1. The summed E-state index contributed by atoms with van der Waals surface area (Å²) >= 11 is 1.74. The van der Waals surface area contributed by atoms with Gasteiger partial charge < -0.3 is 10.4 Å². The van der Waals surface area contributed by atoms with Gasteiger partial charge in [-0.05, 0) is 31.2 Å². The van der Waals surface area contributed by atoms with Crippen LogP contribution in [0, 0.1) is 0 Å².